The van der Waals surface area contributed by atoms with E-state index < -0.39 is 12.1 Å². The Morgan fingerprint density at radius 3 is 2.45 bits per heavy atom. The zero-order valence-corrected chi connectivity index (χ0v) is 25.6. The third-order valence-corrected chi connectivity index (χ3v) is 9.12. The van der Waals surface area contributed by atoms with Gasteiger partial charge in [-0.2, -0.15) is 0 Å². The van der Waals surface area contributed by atoms with Crippen LogP contribution in [0.5, 0.6) is 11.5 Å². The number of carbonyl (C=O) groups is 1. The molecule has 0 radical (unpaired) electrons. The van der Waals surface area contributed by atoms with Crippen LogP contribution in [0.1, 0.15) is 71.8 Å². The van der Waals surface area contributed by atoms with Gasteiger partial charge in [-0.3, -0.25) is 4.79 Å². The standard InChI is InChI=1S/C32H54N2O6/c1-21(2)24(16-23-8-9-28(38-6)29(17-23)40-13-7-12-37-5)18-26(33)27(35)19-25(22(3)4)31(36)34-30-20-32(30)10-14-39-15-11-32/h8-9,17,21-22,24-27,30,35H,7,10-16,18-20,33H2,1-6H3,(H,34,36)/t24?,25?,26?,27?,30-/m0/s1. The molecule has 1 aromatic carbocycles. The highest BCUT2D eigenvalue weighted by molar-refractivity contribution is 5.79. The summed E-state index contributed by atoms with van der Waals surface area (Å²) in [6.07, 6.45) is 5.00. The molecule has 4 N–H and O–H groups in total. The van der Waals surface area contributed by atoms with Gasteiger partial charge in [0.2, 0.25) is 5.91 Å². The molecular weight excluding hydrogens is 508 g/mol. The lowest BCUT2D eigenvalue weighted by atomic mass is 9.80. The minimum atomic E-state index is -0.744. The Kier molecular flexibility index (Phi) is 12.6. The van der Waals surface area contributed by atoms with Crippen molar-refractivity contribution in [1.29, 1.82) is 0 Å². The summed E-state index contributed by atoms with van der Waals surface area (Å²) < 4.78 is 22.1. The van der Waals surface area contributed by atoms with Gasteiger partial charge in [-0.1, -0.05) is 33.8 Å². The van der Waals surface area contributed by atoms with Crippen molar-refractivity contribution >= 4 is 5.91 Å². The van der Waals surface area contributed by atoms with Gasteiger partial charge in [-0.15, -0.1) is 0 Å². The minimum absolute atomic E-state index is 0.0475. The SMILES string of the molecule is COCCCOc1cc(CC(CC(N)C(O)CC(C(=O)N[C@H]2CC23CCOCC3)C(C)C)C(C)C)ccc1OC. The molecule has 1 aliphatic heterocycles. The molecule has 1 saturated heterocycles. The Balaban J connectivity index is 1.57. The predicted molar refractivity (Wildman–Crippen MR) is 158 cm³/mol. The van der Waals surface area contributed by atoms with Crippen molar-refractivity contribution in [2.75, 3.05) is 40.6 Å². The van der Waals surface area contributed by atoms with Crippen molar-refractivity contribution in [1.82, 2.24) is 5.32 Å². The Bertz CT molecular complexity index is 917. The number of aliphatic hydroxyl groups is 1. The second kappa shape index (κ2) is 15.4. The van der Waals surface area contributed by atoms with Gasteiger partial charge in [0.25, 0.3) is 0 Å². The van der Waals surface area contributed by atoms with Crippen LogP contribution in [0.15, 0.2) is 18.2 Å². The average molecular weight is 563 g/mol. The van der Waals surface area contributed by atoms with Crippen LogP contribution in [0.3, 0.4) is 0 Å². The highest BCUT2D eigenvalue weighted by Gasteiger charge is 2.55. The molecule has 40 heavy (non-hydrogen) atoms. The fourth-order valence-corrected chi connectivity index (χ4v) is 6.02. The maximum atomic E-state index is 13.3. The van der Waals surface area contributed by atoms with Crippen LogP contribution in [-0.2, 0) is 20.7 Å². The lowest BCUT2D eigenvalue weighted by Gasteiger charge is -2.30. The maximum Gasteiger partial charge on any atom is 0.223 e. The molecule has 2 aliphatic rings. The molecule has 1 aliphatic carbocycles. The zero-order chi connectivity index (χ0) is 29.3. The van der Waals surface area contributed by atoms with Gasteiger partial charge in [0, 0.05) is 51.4 Å². The first-order valence-corrected chi connectivity index (χ1v) is 15.2. The predicted octanol–water partition coefficient (Wildman–Crippen LogP) is 4.35. The third kappa shape index (κ3) is 9.07. The van der Waals surface area contributed by atoms with Crippen LogP contribution in [0.2, 0.25) is 0 Å². The Morgan fingerprint density at radius 2 is 1.82 bits per heavy atom. The summed E-state index contributed by atoms with van der Waals surface area (Å²) in [7, 11) is 3.33. The number of rotatable bonds is 17. The van der Waals surface area contributed by atoms with E-state index in [1.54, 1.807) is 14.2 Å². The minimum Gasteiger partial charge on any atom is -0.493 e. The number of methoxy groups -OCH3 is 2. The molecular formula is C32H54N2O6. The summed E-state index contributed by atoms with van der Waals surface area (Å²) in [5.74, 6) is 1.98. The van der Waals surface area contributed by atoms with Gasteiger partial charge in [-0.25, -0.2) is 0 Å². The molecule has 8 nitrogen and oxygen atoms in total. The summed E-state index contributed by atoms with van der Waals surface area (Å²) in [6, 6.07) is 5.89. The molecule has 2 fully saturated rings. The van der Waals surface area contributed by atoms with Crippen LogP contribution >= 0.6 is 0 Å². The van der Waals surface area contributed by atoms with E-state index in [0.717, 1.165) is 56.6 Å². The smallest absolute Gasteiger partial charge is 0.223 e. The van der Waals surface area contributed by atoms with Crippen LogP contribution in [-0.4, -0.2) is 69.8 Å². The quantitative estimate of drug-likeness (QED) is 0.242. The van der Waals surface area contributed by atoms with Crippen molar-refractivity contribution in [2.45, 2.75) is 90.8 Å². The molecule has 1 saturated carbocycles. The van der Waals surface area contributed by atoms with E-state index >= 15 is 0 Å². The number of hydrogen-bond acceptors (Lipinski definition) is 7. The molecule has 1 amide bonds. The van der Waals surface area contributed by atoms with Gasteiger partial charge in [0.05, 0.1) is 19.8 Å². The average Bonchev–Trinajstić information content (AvgIpc) is 3.58. The lowest BCUT2D eigenvalue weighted by molar-refractivity contribution is -0.128. The van der Waals surface area contributed by atoms with E-state index in [1.165, 1.54) is 0 Å². The van der Waals surface area contributed by atoms with Crippen LogP contribution in [0.4, 0.5) is 0 Å². The highest BCUT2D eigenvalue weighted by Crippen LogP contribution is 2.53. The summed E-state index contributed by atoms with van der Waals surface area (Å²) in [4.78, 5) is 13.3. The second-order valence-corrected chi connectivity index (χ2v) is 12.7. The largest absolute Gasteiger partial charge is 0.493 e. The van der Waals surface area contributed by atoms with E-state index in [-0.39, 0.29) is 35.1 Å². The van der Waals surface area contributed by atoms with E-state index in [0.29, 0.717) is 37.7 Å². The van der Waals surface area contributed by atoms with Crippen LogP contribution in [0.25, 0.3) is 0 Å². The molecule has 4 unspecified atom stereocenters. The maximum absolute atomic E-state index is 13.3. The molecule has 8 heteroatoms. The van der Waals surface area contributed by atoms with Gasteiger partial charge < -0.3 is 35.1 Å². The Labute approximate surface area is 241 Å². The number of amides is 1. The van der Waals surface area contributed by atoms with Crippen molar-refractivity contribution in [3.63, 3.8) is 0 Å². The molecule has 1 heterocycles. The van der Waals surface area contributed by atoms with Crippen molar-refractivity contribution in [2.24, 2.45) is 34.8 Å². The number of nitrogens with two attached hydrogens (primary N) is 1. The zero-order valence-electron chi connectivity index (χ0n) is 25.6. The number of carbonyl (C=O) groups excluding carboxylic acids is 1. The number of hydrogen-bond donors (Lipinski definition) is 3. The molecule has 5 atom stereocenters. The summed E-state index contributed by atoms with van der Waals surface area (Å²) >= 11 is 0. The van der Waals surface area contributed by atoms with E-state index in [2.05, 4.69) is 39.1 Å². The molecule has 228 valence electrons. The van der Waals surface area contributed by atoms with Crippen LogP contribution < -0.4 is 20.5 Å². The summed E-state index contributed by atoms with van der Waals surface area (Å²) in [5, 5.41) is 14.5. The van der Waals surface area contributed by atoms with Gasteiger partial charge in [-0.05, 0) is 79.4 Å². The van der Waals surface area contributed by atoms with E-state index in [4.69, 9.17) is 24.7 Å². The fourth-order valence-electron chi connectivity index (χ4n) is 6.02. The fraction of sp³-hybridized carbons (Fsp3) is 0.781. The van der Waals surface area contributed by atoms with Crippen LogP contribution in [0, 0.1) is 29.1 Å². The number of benzene rings is 1. The molecule has 1 aromatic rings. The topological polar surface area (TPSA) is 112 Å². The summed E-state index contributed by atoms with van der Waals surface area (Å²) in [6.45, 7) is 11.3. The Hall–Kier alpha value is -1.87. The highest BCUT2D eigenvalue weighted by atomic mass is 16.5. The van der Waals surface area contributed by atoms with Crippen molar-refractivity contribution in [3.05, 3.63) is 23.8 Å². The number of aliphatic hydroxyl groups excluding tert-OH is 1. The number of nitrogens with one attached hydrogen (secondary N) is 1. The van der Waals surface area contributed by atoms with E-state index in [1.807, 2.05) is 12.1 Å². The molecule has 0 bridgehead atoms. The monoisotopic (exact) mass is 562 g/mol. The molecule has 0 aromatic heterocycles. The van der Waals surface area contributed by atoms with Crippen molar-refractivity contribution in [3.8, 4) is 11.5 Å². The van der Waals surface area contributed by atoms with Crippen molar-refractivity contribution < 1.29 is 28.8 Å². The van der Waals surface area contributed by atoms with Gasteiger partial charge in [0.1, 0.15) is 0 Å². The van der Waals surface area contributed by atoms with E-state index in [9.17, 15) is 9.90 Å². The molecule has 1 spiro atoms. The van der Waals surface area contributed by atoms with Gasteiger partial charge >= 0.3 is 0 Å². The first-order valence-electron chi connectivity index (χ1n) is 15.2. The summed E-state index contributed by atoms with van der Waals surface area (Å²) in [5.41, 5.74) is 7.98. The Morgan fingerprint density at radius 1 is 1.10 bits per heavy atom. The van der Waals surface area contributed by atoms with Gasteiger partial charge in [0.15, 0.2) is 11.5 Å². The normalized spacial score (nSPS) is 21.2. The third-order valence-electron chi connectivity index (χ3n) is 9.12. The number of ether oxygens (including phenoxy) is 4. The lowest BCUT2D eigenvalue weighted by Crippen LogP contribution is -2.44. The first-order chi connectivity index (χ1) is 19.1. The second-order valence-electron chi connectivity index (χ2n) is 12.7. The molecule has 3 rings (SSSR count). The first kappa shape index (κ1) is 32.6.